The van der Waals surface area contributed by atoms with Gasteiger partial charge in [-0.2, -0.15) is 18.4 Å². The van der Waals surface area contributed by atoms with E-state index in [9.17, 15) is 37.5 Å². The lowest BCUT2D eigenvalue weighted by Crippen LogP contribution is -2.15. The van der Waals surface area contributed by atoms with Gasteiger partial charge in [-0.25, -0.2) is 4.79 Å². The highest BCUT2D eigenvalue weighted by molar-refractivity contribution is 6.14. The molecule has 13 heteroatoms. The van der Waals surface area contributed by atoms with E-state index >= 15 is 0 Å². The second-order valence-electron chi connectivity index (χ2n) is 8.55. The zero-order valence-corrected chi connectivity index (χ0v) is 20.6. The topological polar surface area (TPSA) is 162 Å². The quantitative estimate of drug-likeness (QED) is 0.265. The summed E-state index contributed by atoms with van der Waals surface area (Å²) in [5.74, 6) is -3.56. The van der Waals surface area contributed by atoms with Crippen molar-refractivity contribution in [3.05, 3.63) is 76.5 Å². The molecule has 0 unspecified atom stereocenters. The lowest BCUT2D eigenvalue weighted by atomic mass is 9.91. The molecule has 0 atom stereocenters. The predicted octanol–water partition coefficient (Wildman–Crippen LogP) is 5.50. The van der Waals surface area contributed by atoms with Gasteiger partial charge in [0, 0.05) is 18.2 Å². The number of nitriles is 1. The third kappa shape index (κ3) is 5.37. The van der Waals surface area contributed by atoms with Crippen LogP contribution >= 0.6 is 0 Å². The number of alkyl halides is 3. The van der Waals surface area contributed by atoms with Crippen molar-refractivity contribution in [3.63, 3.8) is 0 Å². The van der Waals surface area contributed by atoms with Gasteiger partial charge in [0.1, 0.15) is 0 Å². The Morgan fingerprint density at radius 2 is 1.68 bits per heavy atom. The van der Waals surface area contributed by atoms with Crippen molar-refractivity contribution in [1.29, 1.82) is 5.26 Å². The first kappa shape index (κ1) is 27.5. The van der Waals surface area contributed by atoms with Crippen molar-refractivity contribution >= 4 is 45.9 Å². The molecule has 202 valence electrons. The molecule has 4 aromatic rings. The summed E-state index contributed by atoms with van der Waals surface area (Å²) in [6.45, 7) is 2.28. The largest absolute Gasteiger partial charge is 0.478 e. The Hall–Kier alpha value is -5.51. The van der Waals surface area contributed by atoms with E-state index in [2.05, 4.69) is 15.8 Å². The molecule has 1 aromatic heterocycles. The average molecular weight is 550 g/mol. The summed E-state index contributed by atoms with van der Waals surface area (Å²) in [6.07, 6.45) is -4.88. The van der Waals surface area contributed by atoms with E-state index in [1.165, 1.54) is 18.2 Å². The number of anilines is 2. The Bertz CT molecular complexity index is 1770. The summed E-state index contributed by atoms with van der Waals surface area (Å²) in [7, 11) is 0. The fourth-order valence-corrected chi connectivity index (χ4v) is 4.04. The highest BCUT2D eigenvalue weighted by atomic mass is 19.4. The molecule has 1 heterocycles. The molecule has 3 aromatic carbocycles. The minimum atomic E-state index is -4.88. The van der Waals surface area contributed by atoms with Crippen molar-refractivity contribution < 1.29 is 42.0 Å². The van der Waals surface area contributed by atoms with E-state index in [-0.39, 0.29) is 44.6 Å². The summed E-state index contributed by atoms with van der Waals surface area (Å²) >= 11 is 0. The van der Waals surface area contributed by atoms with Crippen molar-refractivity contribution in [2.75, 3.05) is 10.6 Å². The number of rotatable bonds is 6. The Labute approximate surface area is 223 Å². The molecule has 10 nitrogen and oxygen atoms in total. The van der Waals surface area contributed by atoms with Crippen LogP contribution in [0, 0.1) is 11.3 Å². The number of hydrogen-bond donors (Lipinski definition) is 3. The lowest BCUT2D eigenvalue weighted by Gasteiger charge is -2.17. The highest BCUT2D eigenvalue weighted by Crippen LogP contribution is 2.41. The third-order valence-corrected chi connectivity index (χ3v) is 5.77. The molecule has 3 N–H and O–H groups in total. The number of carboxylic acid groups (broad SMARTS) is 1. The second-order valence-corrected chi connectivity index (χ2v) is 8.55. The fraction of sp³-hybridized carbons (Fsp3) is 0.111. The number of nitrogens with one attached hydrogen (secondary N) is 2. The average Bonchev–Trinajstić information content (AvgIpc) is 3.30. The number of ketones is 1. The molecule has 4 rings (SSSR count). The van der Waals surface area contributed by atoms with E-state index in [0.717, 1.165) is 44.2 Å². The summed E-state index contributed by atoms with van der Waals surface area (Å²) < 4.78 is 47.4. The Morgan fingerprint density at radius 3 is 2.27 bits per heavy atom. The van der Waals surface area contributed by atoms with Crippen molar-refractivity contribution in [2.45, 2.75) is 20.0 Å². The number of fused-ring (bicyclic) bond motifs is 1. The first-order valence-corrected chi connectivity index (χ1v) is 11.3. The van der Waals surface area contributed by atoms with Crippen LogP contribution in [-0.4, -0.2) is 33.8 Å². The van der Waals surface area contributed by atoms with Crippen LogP contribution in [0.25, 0.3) is 22.1 Å². The van der Waals surface area contributed by atoms with E-state index in [4.69, 9.17) is 9.78 Å². The van der Waals surface area contributed by atoms with Gasteiger partial charge in [-0.1, -0.05) is 11.2 Å². The van der Waals surface area contributed by atoms with E-state index in [1.807, 2.05) is 0 Å². The zero-order valence-electron chi connectivity index (χ0n) is 20.6. The molecule has 0 spiro atoms. The maximum atomic E-state index is 14.1. The summed E-state index contributed by atoms with van der Waals surface area (Å²) in [4.78, 5) is 48.5. The number of carbonyl (C=O) groups is 4. The third-order valence-electron chi connectivity index (χ3n) is 5.77. The number of carboxylic acids is 1. The van der Waals surface area contributed by atoms with Crippen LogP contribution in [0.15, 0.2) is 53.1 Å². The summed E-state index contributed by atoms with van der Waals surface area (Å²) in [5, 5.41) is 26.8. The molecule has 0 saturated heterocycles. The van der Waals surface area contributed by atoms with E-state index < -0.39 is 46.6 Å². The first-order chi connectivity index (χ1) is 18.8. The molecule has 0 aliphatic carbocycles. The van der Waals surface area contributed by atoms with Crippen molar-refractivity contribution in [1.82, 2.24) is 5.16 Å². The van der Waals surface area contributed by atoms with Crippen LogP contribution in [0.5, 0.6) is 0 Å². The lowest BCUT2D eigenvalue weighted by molar-refractivity contribution is -0.137. The van der Waals surface area contributed by atoms with Gasteiger partial charge >= 0.3 is 12.1 Å². The van der Waals surface area contributed by atoms with Gasteiger partial charge in [-0.3, -0.25) is 14.4 Å². The standard InChI is InChI=1S/C27H17F3N4O6/c1-12(35)17-10-23-20(9-18(17)16-5-4-15(32-13(2)36)8-21(16)27(28,29)30)24(34-40-23)25(37)33-22-6-3-14(11-31)7-19(22)26(38)39/h3-10H,1-2H3,(H,32,36)(H,33,37)(H,38,39). The molecule has 40 heavy (non-hydrogen) atoms. The molecule has 0 aliphatic heterocycles. The summed E-state index contributed by atoms with van der Waals surface area (Å²) in [6, 6.07) is 10.7. The number of amides is 2. The SMILES string of the molecule is CC(=O)Nc1ccc(-c2cc3c(C(=O)Nc4ccc(C#N)cc4C(=O)O)noc3cc2C(C)=O)c(C(F)(F)F)c1. The van der Waals surface area contributed by atoms with Crippen molar-refractivity contribution in [2.24, 2.45) is 0 Å². The van der Waals surface area contributed by atoms with Crippen LogP contribution in [0.2, 0.25) is 0 Å². The van der Waals surface area contributed by atoms with Crippen LogP contribution in [0.1, 0.15) is 56.2 Å². The summed E-state index contributed by atoms with van der Waals surface area (Å²) in [5.41, 5.74) is -2.97. The van der Waals surface area contributed by atoms with Gasteiger partial charge in [-0.05, 0) is 60.5 Å². The van der Waals surface area contributed by atoms with E-state index in [1.54, 1.807) is 6.07 Å². The number of Topliss-reactive ketones (excluding diaryl/α,β-unsaturated/α-hetero) is 1. The van der Waals surface area contributed by atoms with Crippen LogP contribution < -0.4 is 10.6 Å². The number of aromatic carboxylic acids is 1. The van der Waals surface area contributed by atoms with Crippen LogP contribution in [-0.2, 0) is 11.0 Å². The smallest absolute Gasteiger partial charge is 0.417 e. The minimum Gasteiger partial charge on any atom is -0.478 e. The maximum Gasteiger partial charge on any atom is 0.417 e. The van der Waals surface area contributed by atoms with Gasteiger partial charge in [-0.15, -0.1) is 0 Å². The molecule has 0 bridgehead atoms. The zero-order chi connectivity index (χ0) is 29.4. The van der Waals surface area contributed by atoms with Gasteiger partial charge in [0.2, 0.25) is 5.91 Å². The Kier molecular flexibility index (Phi) is 7.11. The predicted molar refractivity (Wildman–Crippen MR) is 135 cm³/mol. The molecule has 2 amide bonds. The monoisotopic (exact) mass is 550 g/mol. The Balaban J connectivity index is 1.87. The fourth-order valence-electron chi connectivity index (χ4n) is 4.04. The van der Waals surface area contributed by atoms with Crippen LogP contribution in [0.4, 0.5) is 24.5 Å². The molecule has 0 fully saturated rings. The molecule has 0 aliphatic rings. The van der Waals surface area contributed by atoms with Crippen molar-refractivity contribution in [3.8, 4) is 17.2 Å². The van der Waals surface area contributed by atoms with E-state index in [0.29, 0.717) is 0 Å². The van der Waals surface area contributed by atoms with Gasteiger partial charge < -0.3 is 20.3 Å². The molecular formula is C27H17F3N4O6. The molecule has 0 radical (unpaired) electrons. The Morgan fingerprint density at radius 1 is 0.950 bits per heavy atom. The number of benzene rings is 3. The molecular weight excluding hydrogens is 533 g/mol. The second kappa shape index (κ2) is 10.3. The van der Waals surface area contributed by atoms with Crippen LogP contribution in [0.3, 0.4) is 0 Å². The number of halogens is 3. The highest BCUT2D eigenvalue weighted by Gasteiger charge is 2.35. The number of carbonyl (C=O) groups excluding carboxylic acids is 3. The minimum absolute atomic E-state index is 0.0358. The maximum absolute atomic E-state index is 14.1. The number of nitrogens with zero attached hydrogens (tertiary/aromatic N) is 2. The van der Waals surface area contributed by atoms with Gasteiger partial charge in [0.25, 0.3) is 5.91 Å². The van der Waals surface area contributed by atoms with Gasteiger partial charge in [0.05, 0.1) is 33.8 Å². The van der Waals surface area contributed by atoms with Gasteiger partial charge in [0.15, 0.2) is 17.1 Å². The first-order valence-electron chi connectivity index (χ1n) is 11.3. The number of hydrogen-bond acceptors (Lipinski definition) is 7. The molecule has 0 saturated carbocycles. The number of aromatic nitrogens is 1. The normalized spacial score (nSPS) is 11.1.